The molecule has 2 bridgehead atoms. The summed E-state index contributed by atoms with van der Waals surface area (Å²) in [5, 5.41) is 2.86. The summed E-state index contributed by atoms with van der Waals surface area (Å²) in [4.78, 5) is 4.27. The normalized spacial score (nSPS) is 21.1. The summed E-state index contributed by atoms with van der Waals surface area (Å²) in [6.07, 6.45) is 18.5. The molecule has 2 aliphatic carbocycles. The minimum atomic E-state index is 0.305. The van der Waals surface area contributed by atoms with Crippen molar-refractivity contribution in [3.63, 3.8) is 0 Å². The van der Waals surface area contributed by atoms with E-state index in [0.29, 0.717) is 12.7 Å². The van der Waals surface area contributed by atoms with Crippen LogP contribution in [0, 0.1) is 0 Å². The number of aryl methyl sites for hydroxylation is 1. The number of thiophene rings is 2. The summed E-state index contributed by atoms with van der Waals surface area (Å²) < 4.78 is 4.36. The smallest absolute Gasteiger partial charge is 0.313 e. The molecule has 1 unspecified atom stereocenters. The Hall–Kier alpha value is -3.30. The lowest BCUT2D eigenvalue weighted by molar-refractivity contribution is 0.766. The maximum atomic E-state index is 3.90. The lowest BCUT2D eigenvalue weighted by atomic mass is 9.41. The minimum absolute atomic E-state index is 0.305. The molecule has 0 spiro atoms. The van der Waals surface area contributed by atoms with Crippen LogP contribution >= 0.6 is 22.7 Å². The van der Waals surface area contributed by atoms with Gasteiger partial charge in [0.1, 0.15) is 0 Å². The molecule has 5 heterocycles. The van der Waals surface area contributed by atoms with Crippen LogP contribution in [0.3, 0.4) is 0 Å². The molecular weight excluding hydrogens is 473 g/mol. The molecule has 0 radical (unpaired) electrons. The number of benzene rings is 2. The van der Waals surface area contributed by atoms with Gasteiger partial charge in [0.15, 0.2) is 0 Å². The van der Waals surface area contributed by atoms with Crippen molar-refractivity contribution >= 4 is 71.3 Å². The van der Waals surface area contributed by atoms with Gasteiger partial charge in [-0.2, -0.15) is 0 Å². The highest BCUT2D eigenvalue weighted by atomic mass is 32.1. The van der Waals surface area contributed by atoms with Crippen LogP contribution in [0.4, 0.5) is 5.69 Å². The molecule has 170 valence electrons. The number of anilines is 1. The van der Waals surface area contributed by atoms with Crippen molar-refractivity contribution in [2.24, 2.45) is 0 Å². The van der Waals surface area contributed by atoms with Crippen molar-refractivity contribution in [1.82, 2.24) is 0 Å². The van der Waals surface area contributed by atoms with E-state index in [9.17, 15) is 0 Å². The highest BCUT2D eigenvalue weighted by molar-refractivity contribution is 7.30. The fourth-order valence-corrected chi connectivity index (χ4v) is 9.82. The van der Waals surface area contributed by atoms with Gasteiger partial charge in [0.05, 0.1) is 11.4 Å². The van der Waals surface area contributed by atoms with E-state index in [-0.39, 0.29) is 0 Å². The number of allylic oxidation sites excluding steroid dienone is 8. The van der Waals surface area contributed by atoms with Gasteiger partial charge >= 0.3 is 6.85 Å². The zero-order chi connectivity index (χ0) is 23.4. The Morgan fingerprint density at radius 3 is 2.83 bits per heavy atom. The lowest BCUT2D eigenvalue weighted by Gasteiger charge is -2.40. The number of fused-ring (bicyclic) bond motifs is 10. The minimum Gasteiger partial charge on any atom is -0.372 e. The Kier molecular flexibility index (Phi) is 3.93. The van der Waals surface area contributed by atoms with Crippen molar-refractivity contribution in [2.75, 3.05) is 4.81 Å². The number of rotatable bonds is 0. The van der Waals surface area contributed by atoms with Gasteiger partial charge in [-0.05, 0) is 72.3 Å². The predicted molar refractivity (Wildman–Crippen MR) is 158 cm³/mol. The second kappa shape index (κ2) is 7.14. The van der Waals surface area contributed by atoms with Crippen LogP contribution < -0.4 is 9.59 Å². The van der Waals surface area contributed by atoms with Crippen LogP contribution in [0.25, 0.3) is 31.3 Å². The summed E-state index contributed by atoms with van der Waals surface area (Å²) in [5.74, 6) is 0.521. The quantitative estimate of drug-likeness (QED) is 0.175. The van der Waals surface area contributed by atoms with E-state index in [0.717, 1.165) is 12.8 Å². The molecule has 36 heavy (non-hydrogen) atoms. The first-order chi connectivity index (χ1) is 17.9. The first kappa shape index (κ1) is 19.8. The first-order valence-corrected chi connectivity index (χ1v) is 14.6. The third kappa shape index (κ3) is 2.47. The van der Waals surface area contributed by atoms with Crippen LogP contribution in [0.2, 0.25) is 5.82 Å². The molecule has 1 atom stereocenters. The molecule has 4 aromatic rings. The van der Waals surface area contributed by atoms with Crippen molar-refractivity contribution in [3.05, 3.63) is 112 Å². The fraction of sp³-hybridized carbons (Fsp3) is 0.156. The van der Waals surface area contributed by atoms with Gasteiger partial charge in [-0.3, -0.25) is 0 Å². The van der Waals surface area contributed by atoms with Crippen molar-refractivity contribution in [1.29, 1.82) is 0 Å². The fourth-order valence-electron chi connectivity index (χ4n) is 7.21. The second-order valence-electron chi connectivity index (χ2n) is 10.4. The van der Waals surface area contributed by atoms with Gasteiger partial charge in [-0.1, -0.05) is 65.9 Å². The van der Waals surface area contributed by atoms with E-state index in [1.807, 2.05) is 22.7 Å². The van der Waals surface area contributed by atoms with Gasteiger partial charge in [-0.15, -0.1) is 22.7 Å². The third-order valence-corrected chi connectivity index (χ3v) is 11.0. The molecule has 4 heteroatoms. The number of hydrogen-bond donors (Lipinski definition) is 0. The topological polar surface area (TPSA) is 3.24 Å². The van der Waals surface area contributed by atoms with Crippen molar-refractivity contribution < 1.29 is 0 Å². The predicted octanol–water partition coefficient (Wildman–Crippen LogP) is 8.26. The molecule has 1 nitrogen and oxygen atoms in total. The summed E-state index contributed by atoms with van der Waals surface area (Å²) in [6, 6.07) is 15.9. The molecule has 5 aliphatic rings. The Balaban J connectivity index is 1.43. The molecule has 3 aliphatic heterocycles. The van der Waals surface area contributed by atoms with Gasteiger partial charge < -0.3 is 4.81 Å². The monoisotopic (exact) mass is 495 g/mol. The molecule has 0 fully saturated rings. The van der Waals surface area contributed by atoms with Gasteiger partial charge in [0, 0.05) is 35.6 Å². The van der Waals surface area contributed by atoms with E-state index in [1.165, 1.54) is 66.7 Å². The van der Waals surface area contributed by atoms with Crippen LogP contribution in [0.5, 0.6) is 0 Å². The summed E-state index contributed by atoms with van der Waals surface area (Å²) in [7, 11) is 0. The molecule has 0 saturated carbocycles. The Labute approximate surface area is 218 Å². The largest absolute Gasteiger partial charge is 0.372 e. The molecule has 0 N–H and O–H groups in total. The molecule has 0 saturated heterocycles. The van der Waals surface area contributed by atoms with E-state index < -0.39 is 0 Å². The number of hydrogen-bond acceptors (Lipinski definition) is 3. The van der Waals surface area contributed by atoms with E-state index in [2.05, 4.69) is 89.5 Å². The van der Waals surface area contributed by atoms with Crippen LogP contribution in [-0.4, -0.2) is 6.85 Å². The van der Waals surface area contributed by atoms with E-state index in [1.54, 1.807) is 15.2 Å². The van der Waals surface area contributed by atoms with Crippen LogP contribution in [0.15, 0.2) is 95.9 Å². The van der Waals surface area contributed by atoms with Gasteiger partial charge in [0.2, 0.25) is 0 Å². The van der Waals surface area contributed by atoms with Gasteiger partial charge in [0.25, 0.3) is 0 Å². The maximum Gasteiger partial charge on any atom is 0.313 e. The average molecular weight is 495 g/mol. The molecule has 2 aromatic heterocycles. The molecule has 0 amide bonds. The van der Waals surface area contributed by atoms with Crippen LogP contribution in [-0.2, 0) is 6.42 Å². The Morgan fingerprint density at radius 1 is 0.917 bits per heavy atom. The van der Waals surface area contributed by atoms with Crippen molar-refractivity contribution in [3.8, 4) is 0 Å². The number of nitrogens with zero attached hydrogens (tertiary/aromatic N) is 1. The Bertz CT molecular complexity index is 1850. The average Bonchev–Trinajstić information content (AvgIpc) is 3.25. The zero-order valence-electron chi connectivity index (χ0n) is 19.8. The molecule has 9 rings (SSSR count). The van der Waals surface area contributed by atoms with Crippen LogP contribution in [0.1, 0.15) is 35.3 Å². The van der Waals surface area contributed by atoms with E-state index in [4.69, 9.17) is 0 Å². The summed E-state index contributed by atoms with van der Waals surface area (Å²) in [5.41, 5.74) is 13.8. The highest BCUT2D eigenvalue weighted by Crippen LogP contribution is 2.54. The maximum absolute atomic E-state index is 3.90. The third-order valence-electron chi connectivity index (χ3n) is 8.60. The summed E-state index contributed by atoms with van der Waals surface area (Å²) in [6.45, 7) is 0.305. The van der Waals surface area contributed by atoms with Gasteiger partial charge in [-0.25, -0.2) is 0 Å². The highest BCUT2D eigenvalue weighted by Gasteiger charge is 2.48. The zero-order valence-corrected chi connectivity index (χ0v) is 21.4. The lowest BCUT2D eigenvalue weighted by Crippen LogP contribution is -2.52. The second-order valence-corrected chi connectivity index (χ2v) is 12.6. The Morgan fingerprint density at radius 2 is 1.83 bits per heavy atom. The standard InChI is InChI=1S/C32H22BNS2/c1-2-9-20-18-19(8-1)21-13-7-15-27-30(21)31-28(35-27)17-16-25-22-10-3-4-11-23(22)29-24-12-5-6-14-26(24)36-32(29)33(25)34(20)31/h1-2,4-9,11-15,25H,3,10,16-17H2. The summed E-state index contributed by atoms with van der Waals surface area (Å²) >= 11 is 4.04. The SMILES string of the molecule is C1=C2C=CC=CC=1N1B3c4sc5ccccc5c4C4=C(CCC=C4)C3CCc3sc4cccc2c4c31. The molecule has 2 aromatic carbocycles. The van der Waals surface area contributed by atoms with E-state index >= 15 is 0 Å². The molecular formula is C32H22BNS2. The first-order valence-electron chi connectivity index (χ1n) is 13.0. The van der Waals surface area contributed by atoms with Crippen molar-refractivity contribution in [2.45, 2.75) is 31.5 Å².